The largest absolute Gasteiger partial charge is 0.337 e. The van der Waals surface area contributed by atoms with Gasteiger partial charge in [-0.15, -0.1) is 11.3 Å². The summed E-state index contributed by atoms with van der Waals surface area (Å²) in [5.74, 6) is -0.614. The van der Waals surface area contributed by atoms with Crippen molar-refractivity contribution in [2.45, 2.75) is 6.42 Å². The number of hydrogen-bond acceptors (Lipinski definition) is 3. The van der Waals surface area contributed by atoms with Gasteiger partial charge in [-0.2, -0.15) is 0 Å². The SMILES string of the molecule is O=C(c1ccc(F)cc1)C1CCN(C(=O)c2scc3ccccc23)C1. The highest BCUT2D eigenvalue weighted by atomic mass is 32.1. The average molecular weight is 353 g/mol. The molecule has 2 aromatic carbocycles. The Morgan fingerprint density at radius 2 is 1.84 bits per heavy atom. The van der Waals surface area contributed by atoms with Crippen molar-refractivity contribution < 1.29 is 14.0 Å². The fraction of sp³-hybridized carbons (Fsp3) is 0.200. The van der Waals surface area contributed by atoms with Gasteiger partial charge in [0.25, 0.3) is 5.91 Å². The van der Waals surface area contributed by atoms with E-state index in [1.807, 2.05) is 29.6 Å². The van der Waals surface area contributed by atoms with Crippen LogP contribution in [0.2, 0.25) is 0 Å². The standard InChI is InChI=1S/C20H16FNO2S/c21-16-7-5-13(6-8-16)18(23)14-9-10-22(11-14)20(24)19-17-4-2-1-3-15(17)12-25-19/h1-8,12,14H,9-11H2. The number of benzene rings is 2. The fourth-order valence-corrected chi connectivity index (χ4v) is 4.30. The van der Waals surface area contributed by atoms with Gasteiger partial charge >= 0.3 is 0 Å². The summed E-state index contributed by atoms with van der Waals surface area (Å²) in [5, 5.41) is 4.01. The van der Waals surface area contributed by atoms with Gasteiger partial charge in [0.05, 0.1) is 4.88 Å². The second kappa shape index (κ2) is 6.41. The second-order valence-corrected chi connectivity index (χ2v) is 7.14. The van der Waals surface area contributed by atoms with Crippen LogP contribution in [0.25, 0.3) is 10.8 Å². The molecule has 2 heterocycles. The molecule has 0 aliphatic carbocycles. The van der Waals surface area contributed by atoms with Crippen LogP contribution in [0.15, 0.2) is 53.9 Å². The first-order valence-electron chi connectivity index (χ1n) is 8.19. The highest BCUT2D eigenvalue weighted by Gasteiger charge is 2.32. The van der Waals surface area contributed by atoms with Gasteiger partial charge < -0.3 is 4.90 Å². The zero-order chi connectivity index (χ0) is 17.4. The van der Waals surface area contributed by atoms with Gasteiger partial charge in [0.1, 0.15) is 5.82 Å². The van der Waals surface area contributed by atoms with E-state index < -0.39 is 0 Å². The van der Waals surface area contributed by atoms with Crippen molar-refractivity contribution in [3.63, 3.8) is 0 Å². The van der Waals surface area contributed by atoms with Crippen molar-refractivity contribution in [3.05, 3.63) is 70.2 Å². The molecule has 1 aromatic heterocycles. The highest BCUT2D eigenvalue weighted by Crippen LogP contribution is 2.29. The van der Waals surface area contributed by atoms with Gasteiger partial charge in [0.2, 0.25) is 0 Å². The third kappa shape index (κ3) is 2.96. The molecule has 1 amide bonds. The van der Waals surface area contributed by atoms with E-state index in [0.29, 0.717) is 25.1 Å². The molecule has 1 aliphatic rings. The summed E-state index contributed by atoms with van der Waals surface area (Å²) in [6.07, 6.45) is 0.644. The van der Waals surface area contributed by atoms with Crippen LogP contribution in [0.5, 0.6) is 0 Å². The molecule has 1 saturated heterocycles. The molecule has 25 heavy (non-hydrogen) atoms. The molecule has 3 aromatic rings. The first kappa shape index (κ1) is 16.0. The van der Waals surface area contributed by atoms with E-state index >= 15 is 0 Å². The number of carbonyl (C=O) groups is 2. The molecule has 0 N–H and O–H groups in total. The van der Waals surface area contributed by atoms with Gasteiger partial charge in [0, 0.05) is 30.0 Å². The van der Waals surface area contributed by atoms with Crippen LogP contribution < -0.4 is 0 Å². The van der Waals surface area contributed by atoms with Crippen LogP contribution in [0.1, 0.15) is 26.5 Å². The smallest absolute Gasteiger partial charge is 0.264 e. The van der Waals surface area contributed by atoms with Crippen LogP contribution in [-0.4, -0.2) is 29.7 Å². The van der Waals surface area contributed by atoms with E-state index in [1.165, 1.54) is 35.6 Å². The minimum absolute atomic E-state index is 0.0133. The Balaban J connectivity index is 1.51. The quantitative estimate of drug-likeness (QED) is 0.655. The van der Waals surface area contributed by atoms with E-state index in [-0.39, 0.29) is 23.4 Å². The monoisotopic (exact) mass is 353 g/mol. The van der Waals surface area contributed by atoms with Gasteiger partial charge in [-0.3, -0.25) is 9.59 Å². The maximum absolute atomic E-state index is 13.0. The second-order valence-electron chi connectivity index (χ2n) is 6.26. The maximum Gasteiger partial charge on any atom is 0.264 e. The zero-order valence-corrected chi connectivity index (χ0v) is 14.3. The molecule has 1 unspecified atom stereocenters. The molecule has 0 radical (unpaired) electrons. The number of halogens is 1. The molecular formula is C20H16FNO2S. The predicted molar refractivity (Wildman–Crippen MR) is 96.6 cm³/mol. The van der Waals surface area contributed by atoms with Gasteiger partial charge in [-0.05, 0) is 41.5 Å². The summed E-state index contributed by atoms with van der Waals surface area (Å²) >= 11 is 1.45. The molecule has 0 bridgehead atoms. The number of Topliss-reactive ketones (excluding diaryl/α,β-unsaturated/α-hetero) is 1. The molecule has 0 saturated carbocycles. The van der Waals surface area contributed by atoms with E-state index in [4.69, 9.17) is 0 Å². The van der Waals surface area contributed by atoms with Gasteiger partial charge in [-0.25, -0.2) is 4.39 Å². The van der Waals surface area contributed by atoms with Crippen LogP contribution >= 0.6 is 11.3 Å². The summed E-state index contributed by atoms with van der Waals surface area (Å²) in [5.41, 5.74) is 0.502. The Kier molecular flexibility index (Phi) is 4.09. The van der Waals surface area contributed by atoms with Crippen molar-refractivity contribution >= 4 is 33.8 Å². The lowest BCUT2D eigenvalue weighted by atomic mass is 9.97. The van der Waals surface area contributed by atoms with Crippen molar-refractivity contribution in [1.82, 2.24) is 4.90 Å². The van der Waals surface area contributed by atoms with Crippen molar-refractivity contribution in [2.75, 3.05) is 13.1 Å². The molecule has 0 spiro atoms. The maximum atomic E-state index is 13.0. The Hall–Kier alpha value is -2.53. The van der Waals surface area contributed by atoms with Crippen LogP contribution in [0, 0.1) is 11.7 Å². The summed E-state index contributed by atoms with van der Waals surface area (Å²) in [7, 11) is 0. The van der Waals surface area contributed by atoms with Crippen LogP contribution in [0.4, 0.5) is 4.39 Å². The first-order chi connectivity index (χ1) is 12.1. The van der Waals surface area contributed by atoms with Crippen LogP contribution in [-0.2, 0) is 0 Å². The lowest BCUT2D eigenvalue weighted by Crippen LogP contribution is -2.29. The number of rotatable bonds is 3. The number of ketones is 1. The van der Waals surface area contributed by atoms with Crippen molar-refractivity contribution in [3.8, 4) is 0 Å². The fourth-order valence-electron chi connectivity index (χ4n) is 3.31. The lowest BCUT2D eigenvalue weighted by molar-refractivity contribution is 0.0786. The van der Waals surface area contributed by atoms with Crippen molar-refractivity contribution in [1.29, 1.82) is 0 Å². The predicted octanol–water partition coefficient (Wildman–Crippen LogP) is 4.39. The molecule has 126 valence electrons. The Morgan fingerprint density at radius 3 is 2.64 bits per heavy atom. The zero-order valence-electron chi connectivity index (χ0n) is 13.4. The number of fused-ring (bicyclic) bond motifs is 1. The highest BCUT2D eigenvalue weighted by molar-refractivity contribution is 7.13. The number of hydrogen-bond donors (Lipinski definition) is 0. The third-order valence-electron chi connectivity index (χ3n) is 4.68. The topological polar surface area (TPSA) is 37.4 Å². The number of likely N-dealkylation sites (tertiary alicyclic amines) is 1. The number of carbonyl (C=O) groups excluding carboxylic acids is 2. The number of thiophene rings is 1. The summed E-state index contributed by atoms with van der Waals surface area (Å²) < 4.78 is 13.0. The van der Waals surface area contributed by atoms with Gasteiger partial charge in [-0.1, -0.05) is 24.3 Å². The summed E-state index contributed by atoms with van der Waals surface area (Å²) in [4.78, 5) is 27.9. The first-order valence-corrected chi connectivity index (χ1v) is 9.07. The molecule has 1 aliphatic heterocycles. The van der Waals surface area contributed by atoms with E-state index in [9.17, 15) is 14.0 Å². The molecular weight excluding hydrogens is 337 g/mol. The Morgan fingerprint density at radius 1 is 1.08 bits per heavy atom. The minimum Gasteiger partial charge on any atom is -0.337 e. The van der Waals surface area contributed by atoms with Crippen molar-refractivity contribution in [2.24, 2.45) is 5.92 Å². The average Bonchev–Trinajstić information content (AvgIpc) is 3.29. The number of amides is 1. The van der Waals surface area contributed by atoms with Gasteiger partial charge in [0.15, 0.2) is 5.78 Å². The Labute approximate surface area is 148 Å². The molecule has 1 atom stereocenters. The lowest BCUT2D eigenvalue weighted by Gasteiger charge is -2.15. The third-order valence-corrected chi connectivity index (χ3v) is 5.68. The summed E-state index contributed by atoms with van der Waals surface area (Å²) in [6.45, 7) is 0.990. The van der Waals surface area contributed by atoms with E-state index in [1.54, 1.807) is 4.90 Å². The molecule has 3 nitrogen and oxygen atoms in total. The van der Waals surface area contributed by atoms with Crippen LogP contribution in [0.3, 0.4) is 0 Å². The Bertz CT molecular complexity index is 948. The van der Waals surface area contributed by atoms with E-state index in [0.717, 1.165) is 15.6 Å². The minimum atomic E-state index is -0.357. The molecule has 5 heteroatoms. The summed E-state index contributed by atoms with van der Waals surface area (Å²) in [6, 6.07) is 13.4. The molecule has 4 rings (SSSR count). The normalized spacial score (nSPS) is 17.2. The number of nitrogens with zero attached hydrogens (tertiary/aromatic N) is 1. The van der Waals surface area contributed by atoms with E-state index in [2.05, 4.69) is 0 Å². The molecule has 1 fully saturated rings.